The molecule has 98 valence electrons. The Morgan fingerprint density at radius 1 is 1.59 bits per heavy atom. The second-order valence-electron chi connectivity index (χ2n) is 4.15. The number of aromatic nitrogens is 2. The number of nitrogens with two attached hydrogens (primary N) is 1. The van der Waals surface area contributed by atoms with Crippen molar-refractivity contribution in [1.29, 1.82) is 0 Å². The molecule has 0 fully saturated rings. The molecular formula is C9H18N4O3S. The van der Waals surface area contributed by atoms with Gasteiger partial charge in [-0.05, 0) is 20.3 Å². The summed E-state index contributed by atoms with van der Waals surface area (Å²) in [5.41, 5.74) is 5.50. The van der Waals surface area contributed by atoms with Crippen LogP contribution in [-0.4, -0.2) is 35.2 Å². The molecule has 0 spiro atoms. The van der Waals surface area contributed by atoms with Gasteiger partial charge in [0.05, 0.1) is 12.4 Å². The molecule has 8 heteroatoms. The van der Waals surface area contributed by atoms with Gasteiger partial charge in [-0.25, -0.2) is 18.1 Å². The molecule has 0 saturated heterocycles. The molecule has 0 aliphatic heterocycles. The maximum atomic E-state index is 12.0. The van der Waals surface area contributed by atoms with Crippen molar-refractivity contribution in [3.63, 3.8) is 0 Å². The predicted octanol–water partition coefficient (Wildman–Crippen LogP) is -0.560. The van der Waals surface area contributed by atoms with Gasteiger partial charge in [0.1, 0.15) is 0 Å². The highest BCUT2D eigenvalue weighted by atomic mass is 32.2. The third kappa shape index (κ3) is 3.42. The van der Waals surface area contributed by atoms with Gasteiger partial charge in [-0.2, -0.15) is 0 Å². The molecule has 1 rings (SSSR count). The fourth-order valence-electron chi connectivity index (χ4n) is 1.64. The molecular weight excluding hydrogens is 244 g/mol. The fraction of sp³-hybridized carbons (Fsp3) is 0.667. The average molecular weight is 262 g/mol. The fourth-order valence-corrected chi connectivity index (χ4v) is 3.14. The van der Waals surface area contributed by atoms with Gasteiger partial charge in [-0.3, -0.25) is 0 Å². The normalized spacial score (nSPS) is 15.8. The molecule has 0 bridgehead atoms. The third-order valence-electron chi connectivity index (χ3n) is 2.22. The lowest BCUT2D eigenvalue weighted by Gasteiger charge is -2.15. The number of nitrogens with one attached hydrogen (secondary N) is 1. The van der Waals surface area contributed by atoms with Crippen molar-refractivity contribution in [1.82, 2.24) is 14.3 Å². The lowest BCUT2D eigenvalue weighted by Crippen LogP contribution is -2.35. The first kappa shape index (κ1) is 13.9. The van der Waals surface area contributed by atoms with Crippen molar-refractivity contribution in [3.8, 4) is 0 Å². The van der Waals surface area contributed by atoms with Crippen LogP contribution in [0.4, 0.5) is 5.82 Å². The summed E-state index contributed by atoms with van der Waals surface area (Å²) in [7, 11) is -2.16. The number of rotatable bonds is 5. The second kappa shape index (κ2) is 5.03. The molecule has 0 aromatic carbocycles. The topological polar surface area (TPSA) is 110 Å². The Labute approximate surface area is 101 Å². The van der Waals surface area contributed by atoms with Gasteiger partial charge >= 0.3 is 0 Å². The Morgan fingerprint density at radius 3 is 2.59 bits per heavy atom. The minimum absolute atomic E-state index is 0.0377. The zero-order chi connectivity index (χ0) is 13.2. The largest absolute Gasteiger partial charge is 0.393 e. The summed E-state index contributed by atoms with van der Waals surface area (Å²) in [5, 5.41) is 9.12. The van der Waals surface area contributed by atoms with Crippen molar-refractivity contribution in [3.05, 3.63) is 6.33 Å². The van der Waals surface area contributed by atoms with E-state index in [0.29, 0.717) is 6.42 Å². The molecule has 4 N–H and O–H groups in total. The summed E-state index contributed by atoms with van der Waals surface area (Å²) in [4.78, 5) is 3.72. The van der Waals surface area contributed by atoms with Crippen molar-refractivity contribution in [2.45, 2.75) is 37.4 Å². The first-order chi connectivity index (χ1) is 7.74. The molecule has 7 nitrogen and oxygen atoms in total. The highest BCUT2D eigenvalue weighted by Gasteiger charge is 2.24. The zero-order valence-electron chi connectivity index (χ0n) is 10.1. The number of nitrogen functional groups attached to an aromatic ring is 1. The summed E-state index contributed by atoms with van der Waals surface area (Å²) in [6.07, 6.45) is 1.09. The minimum Gasteiger partial charge on any atom is -0.393 e. The Bertz CT molecular complexity index is 461. The highest BCUT2D eigenvalue weighted by Crippen LogP contribution is 2.16. The van der Waals surface area contributed by atoms with Crippen LogP contribution in [0.2, 0.25) is 0 Å². The molecule has 2 atom stereocenters. The first-order valence-electron chi connectivity index (χ1n) is 5.21. The van der Waals surface area contributed by atoms with Crippen molar-refractivity contribution in [2.24, 2.45) is 7.05 Å². The van der Waals surface area contributed by atoms with Crippen LogP contribution in [0.25, 0.3) is 0 Å². The second-order valence-corrected chi connectivity index (χ2v) is 5.78. The Balaban J connectivity index is 2.90. The lowest BCUT2D eigenvalue weighted by molar-refractivity contribution is 0.175. The molecule has 0 aliphatic carbocycles. The van der Waals surface area contributed by atoms with E-state index in [0.717, 1.165) is 0 Å². The van der Waals surface area contributed by atoms with E-state index in [9.17, 15) is 13.5 Å². The van der Waals surface area contributed by atoms with Crippen LogP contribution in [0.1, 0.15) is 20.3 Å². The van der Waals surface area contributed by atoms with E-state index in [1.165, 1.54) is 10.9 Å². The zero-order valence-corrected chi connectivity index (χ0v) is 10.9. The standard InChI is InChI=1S/C9H18N4O3S/c1-6(4-7(2)14)12-17(15,16)9-8(10)11-5-13(9)3/h5-7,12,14H,4,10H2,1-3H3. The number of aliphatic hydroxyl groups excluding tert-OH is 1. The number of imidazole rings is 1. The van der Waals surface area contributed by atoms with Crippen molar-refractivity contribution in [2.75, 3.05) is 5.73 Å². The number of hydrogen-bond acceptors (Lipinski definition) is 5. The molecule has 17 heavy (non-hydrogen) atoms. The van der Waals surface area contributed by atoms with E-state index in [-0.39, 0.29) is 16.9 Å². The SMILES string of the molecule is CC(O)CC(C)NS(=O)(=O)c1c(N)ncn1C. The van der Waals surface area contributed by atoms with Crippen LogP contribution in [0, 0.1) is 0 Å². The Kier molecular flexibility index (Phi) is 4.12. The van der Waals surface area contributed by atoms with Crippen LogP contribution < -0.4 is 10.5 Å². The summed E-state index contributed by atoms with van der Waals surface area (Å²) < 4.78 is 27.8. The Morgan fingerprint density at radius 2 is 2.18 bits per heavy atom. The number of aliphatic hydroxyl groups is 1. The molecule has 0 amide bonds. The number of nitrogens with zero attached hydrogens (tertiary/aromatic N) is 2. The molecule has 1 aromatic rings. The van der Waals surface area contributed by atoms with Crippen LogP contribution in [-0.2, 0) is 17.1 Å². The number of anilines is 1. The minimum atomic E-state index is -3.71. The van der Waals surface area contributed by atoms with E-state index < -0.39 is 16.1 Å². The number of aryl methyl sites for hydroxylation is 1. The van der Waals surface area contributed by atoms with Gasteiger partial charge in [0, 0.05) is 13.1 Å². The first-order valence-corrected chi connectivity index (χ1v) is 6.69. The monoisotopic (exact) mass is 262 g/mol. The molecule has 0 radical (unpaired) electrons. The predicted molar refractivity (Wildman–Crippen MR) is 63.7 cm³/mol. The van der Waals surface area contributed by atoms with E-state index in [2.05, 4.69) is 9.71 Å². The van der Waals surface area contributed by atoms with Gasteiger partial charge in [-0.1, -0.05) is 0 Å². The van der Waals surface area contributed by atoms with Crippen LogP contribution in [0.15, 0.2) is 11.4 Å². The smallest absolute Gasteiger partial charge is 0.260 e. The van der Waals surface area contributed by atoms with Gasteiger partial charge in [-0.15, -0.1) is 0 Å². The number of hydrogen-bond donors (Lipinski definition) is 3. The summed E-state index contributed by atoms with van der Waals surface area (Å²) in [5.74, 6) is -0.0377. The molecule has 0 aliphatic rings. The van der Waals surface area contributed by atoms with E-state index in [4.69, 9.17) is 5.73 Å². The van der Waals surface area contributed by atoms with Gasteiger partial charge in [0.25, 0.3) is 10.0 Å². The quantitative estimate of drug-likeness (QED) is 0.659. The highest BCUT2D eigenvalue weighted by molar-refractivity contribution is 7.89. The summed E-state index contributed by atoms with van der Waals surface area (Å²) in [6, 6.07) is -0.380. The maximum absolute atomic E-state index is 12.0. The van der Waals surface area contributed by atoms with Crippen molar-refractivity contribution >= 4 is 15.8 Å². The van der Waals surface area contributed by atoms with Gasteiger partial charge in [0.15, 0.2) is 10.8 Å². The molecule has 1 aromatic heterocycles. The van der Waals surface area contributed by atoms with E-state index in [1.54, 1.807) is 20.9 Å². The van der Waals surface area contributed by atoms with Crippen LogP contribution >= 0.6 is 0 Å². The molecule has 2 unspecified atom stereocenters. The molecule has 0 saturated carbocycles. The van der Waals surface area contributed by atoms with Crippen LogP contribution in [0.3, 0.4) is 0 Å². The van der Waals surface area contributed by atoms with E-state index in [1.807, 2.05) is 0 Å². The maximum Gasteiger partial charge on any atom is 0.260 e. The van der Waals surface area contributed by atoms with E-state index >= 15 is 0 Å². The number of sulfonamides is 1. The van der Waals surface area contributed by atoms with Crippen LogP contribution in [0.5, 0.6) is 0 Å². The van der Waals surface area contributed by atoms with Crippen molar-refractivity contribution < 1.29 is 13.5 Å². The Hall–Kier alpha value is -1.12. The summed E-state index contributed by atoms with van der Waals surface area (Å²) >= 11 is 0. The summed E-state index contributed by atoms with van der Waals surface area (Å²) in [6.45, 7) is 3.28. The lowest BCUT2D eigenvalue weighted by atomic mass is 10.2. The van der Waals surface area contributed by atoms with Gasteiger partial charge < -0.3 is 15.4 Å². The van der Waals surface area contributed by atoms with Gasteiger partial charge in [0.2, 0.25) is 0 Å². The third-order valence-corrected chi connectivity index (χ3v) is 3.93. The molecule has 1 heterocycles. The average Bonchev–Trinajstić information content (AvgIpc) is 2.43.